The fourth-order valence-electron chi connectivity index (χ4n) is 2.65. The van der Waals surface area contributed by atoms with Crippen LogP contribution in [-0.4, -0.2) is 36.2 Å². The largest absolute Gasteiger partial charge is 0.508 e. The molecule has 1 N–H and O–H groups in total. The van der Waals surface area contributed by atoms with Crippen LogP contribution in [0.2, 0.25) is 0 Å². The van der Waals surface area contributed by atoms with E-state index in [-0.39, 0.29) is 0 Å². The number of ether oxygens (including phenoxy) is 1. The Morgan fingerprint density at radius 3 is 2.68 bits per heavy atom. The number of phenols is 1. The Balaban J connectivity index is 1.74. The first kappa shape index (κ1) is 14.4. The summed E-state index contributed by atoms with van der Waals surface area (Å²) >= 11 is 0. The summed E-state index contributed by atoms with van der Waals surface area (Å²) in [7, 11) is 0. The third-order valence-electron chi connectivity index (χ3n) is 3.83. The molecule has 0 aliphatic carbocycles. The molecule has 1 fully saturated rings. The van der Waals surface area contributed by atoms with E-state index < -0.39 is 0 Å². The Labute approximate surface area is 116 Å². The number of nitrogens with zero attached hydrogens (tertiary/aromatic N) is 1. The lowest BCUT2D eigenvalue weighted by atomic mass is 10.1. The maximum absolute atomic E-state index is 9.53. The lowest BCUT2D eigenvalue weighted by Gasteiger charge is -2.26. The Kier molecular flexibility index (Phi) is 5.67. The van der Waals surface area contributed by atoms with E-state index in [2.05, 4.69) is 11.8 Å². The summed E-state index contributed by atoms with van der Waals surface area (Å²) in [6.45, 7) is 6.97. The second kappa shape index (κ2) is 7.51. The van der Waals surface area contributed by atoms with E-state index in [0.717, 1.165) is 25.1 Å². The highest BCUT2D eigenvalue weighted by atomic mass is 16.5. The van der Waals surface area contributed by atoms with Gasteiger partial charge in [-0.2, -0.15) is 0 Å². The monoisotopic (exact) mass is 263 g/mol. The van der Waals surface area contributed by atoms with Gasteiger partial charge in [-0.15, -0.1) is 0 Å². The third-order valence-corrected chi connectivity index (χ3v) is 3.83. The Bertz CT molecular complexity index is 386. The zero-order chi connectivity index (χ0) is 13.5. The number of rotatable bonds is 6. The molecule has 1 heterocycles. The molecular formula is C16H25NO2. The average molecular weight is 263 g/mol. The highest BCUT2D eigenvalue weighted by Gasteiger charge is 2.09. The van der Waals surface area contributed by atoms with Gasteiger partial charge in [0.1, 0.15) is 5.75 Å². The summed E-state index contributed by atoms with van der Waals surface area (Å²) in [5.41, 5.74) is 2.37. The van der Waals surface area contributed by atoms with Crippen LogP contribution in [0.1, 0.15) is 37.3 Å². The lowest BCUT2D eigenvalue weighted by Crippen LogP contribution is -2.32. The van der Waals surface area contributed by atoms with Crippen molar-refractivity contribution in [3.8, 4) is 5.75 Å². The van der Waals surface area contributed by atoms with Crippen molar-refractivity contribution in [2.45, 2.75) is 39.2 Å². The molecule has 2 rings (SSSR count). The molecule has 1 aliphatic rings. The summed E-state index contributed by atoms with van der Waals surface area (Å²) in [4.78, 5) is 2.48. The number of benzene rings is 1. The van der Waals surface area contributed by atoms with Crippen molar-refractivity contribution >= 4 is 0 Å². The van der Waals surface area contributed by atoms with Gasteiger partial charge in [0.25, 0.3) is 0 Å². The minimum Gasteiger partial charge on any atom is -0.508 e. The number of piperidine rings is 1. The predicted molar refractivity (Wildman–Crippen MR) is 77.4 cm³/mol. The number of aryl methyl sites for hydroxylation is 1. The van der Waals surface area contributed by atoms with Crippen molar-refractivity contribution in [1.29, 1.82) is 0 Å². The molecule has 1 aliphatic heterocycles. The van der Waals surface area contributed by atoms with Crippen molar-refractivity contribution in [2.75, 3.05) is 26.2 Å². The molecule has 0 saturated carbocycles. The Hall–Kier alpha value is -1.06. The van der Waals surface area contributed by atoms with E-state index in [0.29, 0.717) is 12.4 Å². The van der Waals surface area contributed by atoms with Crippen LogP contribution in [0.5, 0.6) is 5.75 Å². The smallest absolute Gasteiger partial charge is 0.115 e. The highest BCUT2D eigenvalue weighted by molar-refractivity contribution is 5.34. The first-order valence-corrected chi connectivity index (χ1v) is 7.40. The van der Waals surface area contributed by atoms with Gasteiger partial charge in [0.15, 0.2) is 0 Å². The molecule has 1 saturated heterocycles. The van der Waals surface area contributed by atoms with E-state index in [1.807, 2.05) is 12.1 Å². The summed E-state index contributed by atoms with van der Waals surface area (Å²) in [6.07, 6.45) is 5.00. The quantitative estimate of drug-likeness (QED) is 0.801. The third kappa shape index (κ3) is 4.51. The van der Waals surface area contributed by atoms with Gasteiger partial charge in [0.05, 0.1) is 13.2 Å². The molecular weight excluding hydrogens is 238 g/mol. The van der Waals surface area contributed by atoms with Gasteiger partial charge in [-0.3, -0.25) is 0 Å². The molecule has 0 aromatic heterocycles. The molecule has 0 radical (unpaired) electrons. The number of hydrogen-bond acceptors (Lipinski definition) is 3. The normalized spacial score (nSPS) is 16.7. The van der Waals surface area contributed by atoms with Crippen molar-refractivity contribution < 1.29 is 9.84 Å². The number of phenolic OH excluding ortho intramolecular Hbond substituents is 1. The van der Waals surface area contributed by atoms with Gasteiger partial charge in [0, 0.05) is 6.54 Å². The minimum atomic E-state index is 0.326. The highest BCUT2D eigenvalue weighted by Crippen LogP contribution is 2.18. The Morgan fingerprint density at radius 2 is 1.95 bits per heavy atom. The van der Waals surface area contributed by atoms with Crippen molar-refractivity contribution in [2.24, 2.45) is 0 Å². The molecule has 1 aromatic carbocycles. The fraction of sp³-hybridized carbons (Fsp3) is 0.625. The van der Waals surface area contributed by atoms with Gasteiger partial charge in [-0.25, -0.2) is 0 Å². The predicted octanol–water partition coefficient (Wildman–Crippen LogP) is 2.96. The Morgan fingerprint density at radius 1 is 1.16 bits per heavy atom. The second-order valence-electron chi connectivity index (χ2n) is 5.26. The van der Waals surface area contributed by atoms with Gasteiger partial charge in [-0.1, -0.05) is 19.4 Å². The molecule has 3 nitrogen and oxygen atoms in total. The van der Waals surface area contributed by atoms with Crippen LogP contribution in [0.3, 0.4) is 0 Å². The van der Waals surface area contributed by atoms with Crippen LogP contribution in [0, 0.1) is 0 Å². The summed E-state index contributed by atoms with van der Waals surface area (Å²) in [5, 5.41) is 9.53. The molecule has 3 heteroatoms. The maximum atomic E-state index is 9.53. The molecule has 106 valence electrons. The molecule has 0 spiro atoms. The van der Waals surface area contributed by atoms with Crippen molar-refractivity contribution in [3.63, 3.8) is 0 Å². The SMILES string of the molecule is CCc1ccc(O)cc1COCCN1CCCCC1. The van der Waals surface area contributed by atoms with Crippen molar-refractivity contribution in [3.05, 3.63) is 29.3 Å². The maximum Gasteiger partial charge on any atom is 0.115 e. The first-order chi connectivity index (χ1) is 9.29. The molecule has 1 aromatic rings. The van der Waals surface area contributed by atoms with E-state index in [1.165, 1.54) is 37.9 Å². The van der Waals surface area contributed by atoms with Gasteiger partial charge in [-0.05, 0) is 55.6 Å². The number of likely N-dealkylation sites (tertiary alicyclic amines) is 1. The van der Waals surface area contributed by atoms with E-state index >= 15 is 0 Å². The van der Waals surface area contributed by atoms with Crippen LogP contribution >= 0.6 is 0 Å². The molecule has 0 amide bonds. The van der Waals surface area contributed by atoms with Gasteiger partial charge in [0.2, 0.25) is 0 Å². The zero-order valence-electron chi connectivity index (χ0n) is 11.9. The van der Waals surface area contributed by atoms with Crippen molar-refractivity contribution in [1.82, 2.24) is 4.90 Å². The second-order valence-corrected chi connectivity index (χ2v) is 5.26. The van der Waals surface area contributed by atoms with E-state index in [9.17, 15) is 5.11 Å². The summed E-state index contributed by atoms with van der Waals surface area (Å²) < 4.78 is 5.77. The minimum absolute atomic E-state index is 0.326. The average Bonchev–Trinajstić information content (AvgIpc) is 2.45. The van der Waals surface area contributed by atoms with E-state index in [4.69, 9.17) is 4.74 Å². The molecule has 19 heavy (non-hydrogen) atoms. The summed E-state index contributed by atoms with van der Waals surface area (Å²) in [5.74, 6) is 0.326. The first-order valence-electron chi connectivity index (χ1n) is 7.40. The fourth-order valence-corrected chi connectivity index (χ4v) is 2.65. The number of hydrogen-bond donors (Lipinski definition) is 1. The van der Waals surface area contributed by atoms with Gasteiger partial charge >= 0.3 is 0 Å². The van der Waals surface area contributed by atoms with Crippen LogP contribution in [0.15, 0.2) is 18.2 Å². The standard InChI is InChI=1S/C16H25NO2/c1-2-14-6-7-16(18)12-15(14)13-19-11-10-17-8-4-3-5-9-17/h6-7,12,18H,2-5,8-11,13H2,1H3. The molecule has 0 unspecified atom stereocenters. The topological polar surface area (TPSA) is 32.7 Å². The summed E-state index contributed by atoms with van der Waals surface area (Å²) in [6, 6.07) is 5.55. The lowest BCUT2D eigenvalue weighted by molar-refractivity contribution is 0.0859. The zero-order valence-corrected chi connectivity index (χ0v) is 11.9. The van der Waals surface area contributed by atoms with Crippen LogP contribution < -0.4 is 0 Å². The van der Waals surface area contributed by atoms with Crippen LogP contribution in [0.4, 0.5) is 0 Å². The molecule has 0 atom stereocenters. The van der Waals surface area contributed by atoms with Crippen LogP contribution in [0.25, 0.3) is 0 Å². The van der Waals surface area contributed by atoms with Crippen LogP contribution in [-0.2, 0) is 17.8 Å². The van der Waals surface area contributed by atoms with Gasteiger partial charge < -0.3 is 14.7 Å². The number of aromatic hydroxyl groups is 1. The van der Waals surface area contributed by atoms with E-state index in [1.54, 1.807) is 6.07 Å². The molecule has 0 bridgehead atoms.